The first-order valence-corrected chi connectivity index (χ1v) is 34.6. The molecule has 13 nitrogen and oxygen atoms in total. The Kier molecular flexibility index (Phi) is 15.5. The summed E-state index contributed by atoms with van der Waals surface area (Å²) in [5.74, 6) is 2.85. The largest absolute Gasteiger partial charge is 0.292 e. The van der Waals surface area contributed by atoms with Gasteiger partial charge in [0.05, 0.1) is 67.4 Å². The zero-order valence-corrected chi connectivity index (χ0v) is 56.2. The van der Waals surface area contributed by atoms with Crippen LogP contribution in [0.3, 0.4) is 0 Å². The van der Waals surface area contributed by atoms with E-state index in [9.17, 15) is 0 Å². The van der Waals surface area contributed by atoms with Gasteiger partial charge in [0.25, 0.3) is 0 Å². The van der Waals surface area contributed by atoms with Gasteiger partial charge >= 0.3 is 0 Å². The van der Waals surface area contributed by atoms with Crippen molar-refractivity contribution < 1.29 is 0 Å². The van der Waals surface area contributed by atoms with Crippen LogP contribution in [0.2, 0.25) is 0 Å². The molecular formula is C92H57N13. The zero-order valence-electron chi connectivity index (χ0n) is 56.2. The second kappa shape index (κ2) is 26.5. The summed E-state index contributed by atoms with van der Waals surface area (Å²) in [6, 6.07) is 106. The van der Waals surface area contributed by atoms with Gasteiger partial charge in [0.2, 0.25) is 0 Å². The maximum absolute atomic E-state index is 5.17. The average molecular weight is 1340 g/mol. The summed E-state index contributed by atoms with van der Waals surface area (Å²) in [6.07, 6.45) is 10.6. The third-order valence-electron chi connectivity index (χ3n) is 19.2. The van der Waals surface area contributed by atoms with Gasteiger partial charge in [-0.05, 0) is 77.5 Å². The van der Waals surface area contributed by atoms with E-state index in [1.54, 1.807) is 18.6 Å². The molecule has 0 atom stereocenters. The minimum absolute atomic E-state index is 0.629. The Balaban J connectivity index is 0.000000112. The van der Waals surface area contributed by atoms with Gasteiger partial charge in [-0.15, -0.1) is 0 Å². The van der Waals surface area contributed by atoms with E-state index < -0.39 is 0 Å². The zero-order chi connectivity index (χ0) is 69.6. The summed E-state index contributed by atoms with van der Waals surface area (Å²) >= 11 is 0. The van der Waals surface area contributed by atoms with E-state index in [2.05, 4.69) is 220 Å². The van der Waals surface area contributed by atoms with Crippen LogP contribution in [0.5, 0.6) is 0 Å². The highest BCUT2D eigenvalue weighted by atomic mass is 15.1. The van der Waals surface area contributed by atoms with Crippen molar-refractivity contribution in [2.75, 3.05) is 0 Å². The van der Waals surface area contributed by atoms with Gasteiger partial charge in [-0.2, -0.15) is 0 Å². The molecule has 0 aliphatic heterocycles. The van der Waals surface area contributed by atoms with Crippen LogP contribution >= 0.6 is 0 Å². The molecule has 12 aromatic carbocycles. The molecule has 0 N–H and O–H groups in total. The van der Waals surface area contributed by atoms with Crippen LogP contribution in [0.4, 0.5) is 0 Å². The molecule has 0 fully saturated rings. The number of imidazole rings is 1. The number of nitrogens with zero attached hydrogens (tertiary/aromatic N) is 13. The predicted octanol–water partition coefficient (Wildman–Crippen LogP) is 21.8. The van der Waals surface area contributed by atoms with Crippen molar-refractivity contribution in [3.8, 4) is 85.1 Å². The van der Waals surface area contributed by atoms with Gasteiger partial charge in [-0.1, -0.05) is 243 Å². The fourth-order valence-corrected chi connectivity index (χ4v) is 14.2. The van der Waals surface area contributed by atoms with E-state index in [-0.39, 0.29) is 0 Å². The minimum atomic E-state index is 0.629. The second-order valence-corrected chi connectivity index (χ2v) is 25.6. The lowest BCUT2D eigenvalue weighted by atomic mass is 10.00. The molecule has 0 amide bonds. The fourth-order valence-electron chi connectivity index (χ4n) is 14.2. The van der Waals surface area contributed by atoms with E-state index in [1.165, 1.54) is 0 Å². The smallest absolute Gasteiger partial charge is 0.164 e. The number of pyridine rings is 6. The standard InChI is InChI=1S/C37H23N5.C35H22N4.C20H12N4/c1-3-8-28(9-4-1)35-40-36(29-10-5-2-6-11-29)42-37(41-35)30-19-13-24(14-20-30)31-22-21-27-18-16-25-15-17-26-12-7-23-38-33(26)32(25)34(27)39-31;1-2-7-27(8-3-1)35-38-30-10-4-5-11-31(30)39(35)28-19-16-23(17-20-28)29-21-18-26-15-13-24-12-14-25-9-6-22-36-33(25)32(24)34(26)37-29;1-2-5-15-13(4-1)19-14(6-3-9-23-19)16-7-8-17(24-20(15)16)18-12-21-10-11-22-18/h1-23H;1-22H;1-12H. The van der Waals surface area contributed by atoms with Crippen molar-refractivity contribution in [3.05, 3.63) is 347 Å². The molecule has 0 spiro atoms. The van der Waals surface area contributed by atoms with Gasteiger partial charge < -0.3 is 0 Å². The summed E-state index contributed by atoms with van der Waals surface area (Å²) in [7, 11) is 0. The number of aromatic nitrogens is 13. The van der Waals surface area contributed by atoms with Crippen molar-refractivity contribution in [1.82, 2.24) is 64.4 Å². The molecule has 21 aromatic rings. The van der Waals surface area contributed by atoms with E-state index in [0.717, 1.165) is 176 Å². The van der Waals surface area contributed by atoms with Crippen LogP contribution in [0, 0.1) is 0 Å². The van der Waals surface area contributed by atoms with Gasteiger partial charge in [0.15, 0.2) is 17.5 Å². The van der Waals surface area contributed by atoms with Crippen molar-refractivity contribution in [3.63, 3.8) is 0 Å². The van der Waals surface area contributed by atoms with Crippen LogP contribution < -0.4 is 0 Å². The molecule has 13 heteroatoms. The van der Waals surface area contributed by atoms with Crippen molar-refractivity contribution in [2.45, 2.75) is 0 Å². The van der Waals surface area contributed by atoms with Gasteiger partial charge in [-0.25, -0.2) is 34.9 Å². The Labute approximate surface area is 601 Å². The predicted molar refractivity (Wildman–Crippen MR) is 425 cm³/mol. The number of fused-ring (bicyclic) bond motifs is 17. The number of benzene rings is 12. The summed E-state index contributed by atoms with van der Waals surface area (Å²) in [4.78, 5) is 57.2. The van der Waals surface area contributed by atoms with Crippen LogP contribution in [0.1, 0.15) is 0 Å². The lowest BCUT2D eigenvalue weighted by Gasteiger charge is -2.11. The first-order valence-electron chi connectivity index (χ1n) is 34.6. The fraction of sp³-hybridized carbons (Fsp3) is 0. The monoisotopic (exact) mass is 1340 g/mol. The summed E-state index contributed by atoms with van der Waals surface area (Å²) in [5, 5.41) is 13.3. The van der Waals surface area contributed by atoms with Crippen molar-refractivity contribution >= 4 is 109 Å². The third kappa shape index (κ3) is 11.5. The molecule has 9 aromatic heterocycles. The summed E-state index contributed by atoms with van der Waals surface area (Å²) in [5.41, 5.74) is 18.4. The molecule has 0 saturated heterocycles. The Morgan fingerprint density at radius 2 is 0.629 bits per heavy atom. The van der Waals surface area contributed by atoms with Gasteiger partial charge in [0, 0.05) is 124 Å². The van der Waals surface area contributed by atoms with Crippen LogP contribution in [0.15, 0.2) is 347 Å². The summed E-state index contributed by atoms with van der Waals surface area (Å²) < 4.78 is 2.23. The molecule has 490 valence electrons. The first kappa shape index (κ1) is 61.5. The Morgan fingerprint density at radius 1 is 0.219 bits per heavy atom. The topological polar surface area (TPSA) is 160 Å². The second-order valence-electron chi connectivity index (χ2n) is 25.6. The Bertz CT molecular complexity index is 6780. The van der Waals surface area contributed by atoms with Gasteiger partial charge in [0.1, 0.15) is 11.5 Å². The van der Waals surface area contributed by atoms with E-state index >= 15 is 0 Å². The van der Waals surface area contributed by atoms with E-state index in [0.29, 0.717) is 17.5 Å². The highest BCUT2D eigenvalue weighted by Gasteiger charge is 2.19. The molecule has 21 rings (SSSR count). The van der Waals surface area contributed by atoms with Crippen LogP contribution in [0.25, 0.3) is 194 Å². The molecule has 9 heterocycles. The maximum atomic E-state index is 5.17. The molecule has 0 unspecified atom stereocenters. The average Bonchev–Trinajstić information content (AvgIpc) is 1.64. The van der Waals surface area contributed by atoms with Gasteiger partial charge in [-0.3, -0.25) is 29.5 Å². The van der Waals surface area contributed by atoms with Crippen LogP contribution in [-0.4, -0.2) is 64.4 Å². The quantitative estimate of drug-likeness (QED) is 0.133. The normalized spacial score (nSPS) is 11.4. The molecular weight excluding hydrogens is 1290 g/mol. The Morgan fingerprint density at radius 3 is 1.18 bits per heavy atom. The third-order valence-corrected chi connectivity index (χ3v) is 19.2. The number of para-hydroxylation sites is 2. The molecule has 0 radical (unpaired) electrons. The maximum Gasteiger partial charge on any atom is 0.164 e. The number of rotatable bonds is 8. The lowest BCUT2D eigenvalue weighted by Crippen LogP contribution is -2.00. The minimum Gasteiger partial charge on any atom is -0.292 e. The number of hydrogen-bond donors (Lipinski definition) is 0. The molecule has 0 saturated carbocycles. The molecule has 0 aliphatic carbocycles. The van der Waals surface area contributed by atoms with Crippen molar-refractivity contribution in [1.29, 1.82) is 0 Å². The lowest BCUT2D eigenvalue weighted by molar-refractivity contribution is 1.07. The number of hydrogen-bond acceptors (Lipinski definition) is 12. The molecule has 0 bridgehead atoms. The SMILES string of the molecule is c1ccc(-c2nc(-c3ccccc3)nc(-c3ccc(-c4ccc5ccc6ccc7cccnc7c6c5n4)cc3)n2)cc1.c1ccc(-c2nc3ccccc3n2-c2ccc(-c3ccc4ccc5ccc6cccnc6c5c4n3)cc2)cc1.c1ccc2c(c1)c1ncccc1c1ccc(-c3cnccn3)nc21. The molecule has 0 aliphatic rings. The van der Waals surface area contributed by atoms with Crippen molar-refractivity contribution in [2.24, 2.45) is 0 Å². The highest BCUT2D eigenvalue weighted by Crippen LogP contribution is 2.38. The first-order chi connectivity index (χ1) is 52.0. The molecule has 105 heavy (non-hydrogen) atoms. The Hall–Kier alpha value is -14.6. The summed E-state index contributed by atoms with van der Waals surface area (Å²) in [6.45, 7) is 0. The van der Waals surface area contributed by atoms with E-state index in [4.69, 9.17) is 44.9 Å². The van der Waals surface area contributed by atoms with E-state index in [1.807, 2.05) is 128 Å². The van der Waals surface area contributed by atoms with Crippen LogP contribution in [-0.2, 0) is 0 Å². The highest BCUT2D eigenvalue weighted by molar-refractivity contribution is 6.23.